The number of methoxy groups -OCH3 is 1. The molecule has 0 bridgehead atoms. The van der Waals surface area contributed by atoms with Crippen molar-refractivity contribution in [3.8, 4) is 5.75 Å². The van der Waals surface area contributed by atoms with Gasteiger partial charge in [-0.1, -0.05) is 0 Å². The van der Waals surface area contributed by atoms with Crippen molar-refractivity contribution in [3.05, 3.63) is 12.4 Å². The van der Waals surface area contributed by atoms with Crippen LogP contribution in [0.2, 0.25) is 0 Å². The molecule has 0 fully saturated rings. The number of hydrogen-bond acceptors (Lipinski definition) is 4. The quantitative estimate of drug-likeness (QED) is 0.692. The minimum absolute atomic E-state index is 0.253. The summed E-state index contributed by atoms with van der Waals surface area (Å²) in [5.74, 6) is 0.402. The number of hydrogen-bond donors (Lipinski definition) is 0. The molecule has 0 saturated carbocycles. The van der Waals surface area contributed by atoms with Crippen molar-refractivity contribution >= 4 is 5.97 Å². The van der Waals surface area contributed by atoms with Crippen LogP contribution in [0.5, 0.6) is 5.75 Å². The van der Waals surface area contributed by atoms with Crippen LogP contribution in [-0.4, -0.2) is 29.5 Å². The van der Waals surface area contributed by atoms with Gasteiger partial charge in [-0.25, -0.2) is 0 Å². The molecule has 0 N–H and O–H groups in total. The summed E-state index contributed by atoms with van der Waals surface area (Å²) in [6.07, 6.45) is 3.70. The SMILES string of the molecule is COC(=O)CCOc1cnn(C(C)C)c1. The van der Waals surface area contributed by atoms with E-state index in [1.165, 1.54) is 7.11 Å². The molecule has 0 spiro atoms. The second kappa shape index (κ2) is 5.38. The standard InChI is InChI=1S/C10H16N2O3/c1-8(2)12-7-9(6-11-12)15-5-4-10(13)14-3/h6-8H,4-5H2,1-3H3. The van der Waals surface area contributed by atoms with Crippen molar-refractivity contribution in [1.82, 2.24) is 9.78 Å². The van der Waals surface area contributed by atoms with Crippen molar-refractivity contribution in [3.63, 3.8) is 0 Å². The third kappa shape index (κ3) is 3.61. The van der Waals surface area contributed by atoms with Crippen molar-refractivity contribution in [2.45, 2.75) is 26.3 Å². The summed E-state index contributed by atoms with van der Waals surface area (Å²) in [6.45, 7) is 4.38. The van der Waals surface area contributed by atoms with Crippen LogP contribution in [0.15, 0.2) is 12.4 Å². The first kappa shape index (κ1) is 11.6. The van der Waals surface area contributed by atoms with E-state index in [0.29, 0.717) is 18.4 Å². The first-order valence-corrected chi connectivity index (χ1v) is 4.87. The Bertz CT molecular complexity index is 320. The normalized spacial score (nSPS) is 10.4. The van der Waals surface area contributed by atoms with Crippen LogP contribution in [0.3, 0.4) is 0 Å². The van der Waals surface area contributed by atoms with Crippen LogP contribution in [0.4, 0.5) is 0 Å². The van der Waals surface area contributed by atoms with Crippen LogP contribution in [-0.2, 0) is 9.53 Å². The molecule has 0 aliphatic rings. The number of aromatic nitrogens is 2. The van der Waals surface area contributed by atoms with Crippen molar-refractivity contribution in [2.75, 3.05) is 13.7 Å². The smallest absolute Gasteiger partial charge is 0.308 e. The van der Waals surface area contributed by atoms with E-state index in [1.807, 2.05) is 20.0 Å². The molecule has 0 atom stereocenters. The number of carbonyl (C=O) groups is 1. The van der Waals surface area contributed by atoms with Gasteiger partial charge in [0.2, 0.25) is 0 Å². The predicted molar refractivity (Wildman–Crippen MR) is 54.7 cm³/mol. The van der Waals surface area contributed by atoms with Crippen molar-refractivity contribution < 1.29 is 14.3 Å². The molecule has 0 aliphatic heterocycles. The van der Waals surface area contributed by atoms with Crippen LogP contribution < -0.4 is 4.74 Å². The Balaban J connectivity index is 2.34. The number of esters is 1. The zero-order valence-electron chi connectivity index (χ0n) is 9.27. The number of carbonyl (C=O) groups excluding carboxylic acids is 1. The Kier molecular flexibility index (Phi) is 4.15. The molecule has 1 aromatic heterocycles. The van der Waals surface area contributed by atoms with Crippen molar-refractivity contribution in [2.24, 2.45) is 0 Å². The third-order valence-electron chi connectivity index (χ3n) is 1.91. The lowest BCUT2D eigenvalue weighted by atomic mass is 10.4. The maximum absolute atomic E-state index is 10.8. The monoisotopic (exact) mass is 212 g/mol. The summed E-state index contributed by atoms with van der Waals surface area (Å²) in [4.78, 5) is 10.8. The maximum Gasteiger partial charge on any atom is 0.308 e. The number of ether oxygens (including phenoxy) is 2. The van der Waals surface area contributed by atoms with Crippen LogP contribution in [0.25, 0.3) is 0 Å². The van der Waals surface area contributed by atoms with Gasteiger partial charge in [0.1, 0.15) is 0 Å². The molecule has 15 heavy (non-hydrogen) atoms. The molecule has 1 heterocycles. The van der Waals surface area contributed by atoms with E-state index < -0.39 is 0 Å². The van der Waals surface area contributed by atoms with E-state index in [9.17, 15) is 4.79 Å². The minimum atomic E-state index is -0.272. The lowest BCUT2D eigenvalue weighted by Crippen LogP contribution is -2.07. The van der Waals surface area contributed by atoms with E-state index in [2.05, 4.69) is 9.84 Å². The highest BCUT2D eigenvalue weighted by atomic mass is 16.5. The van der Waals surface area contributed by atoms with Crippen molar-refractivity contribution in [1.29, 1.82) is 0 Å². The first-order valence-electron chi connectivity index (χ1n) is 4.87. The average molecular weight is 212 g/mol. The highest BCUT2D eigenvalue weighted by Crippen LogP contribution is 2.12. The molecule has 5 nitrogen and oxygen atoms in total. The number of rotatable bonds is 5. The Labute approximate surface area is 89.0 Å². The molecule has 1 rings (SSSR count). The lowest BCUT2D eigenvalue weighted by molar-refractivity contribution is -0.141. The van der Waals surface area contributed by atoms with E-state index in [-0.39, 0.29) is 12.4 Å². The largest absolute Gasteiger partial charge is 0.490 e. The molecule has 5 heteroatoms. The van der Waals surface area contributed by atoms with Crippen LogP contribution in [0.1, 0.15) is 26.3 Å². The average Bonchev–Trinajstić information content (AvgIpc) is 2.66. The van der Waals surface area contributed by atoms with E-state index in [0.717, 1.165) is 0 Å². The number of nitrogens with zero attached hydrogens (tertiary/aromatic N) is 2. The molecule has 0 unspecified atom stereocenters. The highest BCUT2D eigenvalue weighted by molar-refractivity contribution is 5.69. The lowest BCUT2D eigenvalue weighted by Gasteiger charge is -2.03. The summed E-state index contributed by atoms with van der Waals surface area (Å²) in [7, 11) is 1.36. The highest BCUT2D eigenvalue weighted by Gasteiger charge is 2.04. The Morgan fingerprint density at radius 1 is 1.60 bits per heavy atom. The summed E-state index contributed by atoms with van der Waals surface area (Å²) in [5, 5.41) is 4.11. The van der Waals surface area contributed by atoms with E-state index >= 15 is 0 Å². The Morgan fingerprint density at radius 2 is 2.33 bits per heavy atom. The molecule has 84 valence electrons. The van der Waals surface area contributed by atoms with Gasteiger partial charge < -0.3 is 9.47 Å². The van der Waals surface area contributed by atoms with Gasteiger partial charge in [-0.3, -0.25) is 9.48 Å². The third-order valence-corrected chi connectivity index (χ3v) is 1.91. The zero-order chi connectivity index (χ0) is 11.3. The van der Waals surface area contributed by atoms with Gasteiger partial charge in [0.15, 0.2) is 5.75 Å². The second-order valence-corrected chi connectivity index (χ2v) is 3.42. The summed E-state index contributed by atoms with van der Waals surface area (Å²) >= 11 is 0. The summed E-state index contributed by atoms with van der Waals surface area (Å²) in [6, 6.07) is 0.308. The Hall–Kier alpha value is -1.52. The fourth-order valence-corrected chi connectivity index (χ4v) is 1.03. The molecular formula is C10H16N2O3. The molecule has 0 amide bonds. The molecular weight excluding hydrogens is 196 g/mol. The van der Waals surface area contributed by atoms with Gasteiger partial charge in [-0.05, 0) is 13.8 Å². The van der Waals surface area contributed by atoms with Gasteiger partial charge in [-0.2, -0.15) is 5.10 Å². The fraction of sp³-hybridized carbons (Fsp3) is 0.600. The zero-order valence-corrected chi connectivity index (χ0v) is 9.27. The predicted octanol–water partition coefficient (Wildman–Crippen LogP) is 1.41. The molecule has 0 aliphatic carbocycles. The topological polar surface area (TPSA) is 53.4 Å². The van der Waals surface area contributed by atoms with E-state index in [4.69, 9.17) is 4.74 Å². The maximum atomic E-state index is 10.8. The van der Waals surface area contributed by atoms with Gasteiger partial charge in [0.05, 0.1) is 32.5 Å². The molecule has 0 radical (unpaired) electrons. The fourth-order valence-electron chi connectivity index (χ4n) is 1.03. The van der Waals surface area contributed by atoms with Gasteiger partial charge in [-0.15, -0.1) is 0 Å². The summed E-state index contributed by atoms with van der Waals surface area (Å²) < 4.78 is 11.6. The van der Waals surface area contributed by atoms with E-state index in [1.54, 1.807) is 10.9 Å². The first-order chi connectivity index (χ1) is 7.13. The van der Waals surface area contributed by atoms with Gasteiger partial charge in [0.25, 0.3) is 0 Å². The van der Waals surface area contributed by atoms with Crippen LogP contribution >= 0.6 is 0 Å². The van der Waals surface area contributed by atoms with Gasteiger partial charge >= 0.3 is 5.97 Å². The summed E-state index contributed by atoms with van der Waals surface area (Å²) in [5.41, 5.74) is 0. The van der Waals surface area contributed by atoms with Gasteiger partial charge in [0, 0.05) is 6.04 Å². The Morgan fingerprint density at radius 3 is 2.87 bits per heavy atom. The molecule has 1 aromatic rings. The second-order valence-electron chi connectivity index (χ2n) is 3.42. The van der Waals surface area contributed by atoms with Crippen LogP contribution in [0, 0.1) is 0 Å². The minimum Gasteiger partial charge on any atom is -0.490 e. The molecule has 0 saturated heterocycles. The molecule has 0 aromatic carbocycles.